The van der Waals surface area contributed by atoms with E-state index in [9.17, 15) is 0 Å². The standard InChI is InChI=1S/C9H14N6O/c1-6-12-13-9(15(6)3)5-10-4-8-11-7(2)16-14-8/h10H,4-5H2,1-3H3. The molecule has 0 fully saturated rings. The Labute approximate surface area is 92.9 Å². The third-order valence-corrected chi connectivity index (χ3v) is 2.32. The molecule has 7 heteroatoms. The summed E-state index contributed by atoms with van der Waals surface area (Å²) < 4.78 is 6.80. The predicted molar refractivity (Wildman–Crippen MR) is 55.3 cm³/mol. The van der Waals surface area contributed by atoms with Crippen molar-refractivity contribution in [2.75, 3.05) is 0 Å². The van der Waals surface area contributed by atoms with Gasteiger partial charge in [-0.05, 0) is 6.92 Å². The fourth-order valence-corrected chi connectivity index (χ4v) is 1.30. The highest BCUT2D eigenvalue weighted by Crippen LogP contribution is 1.98. The predicted octanol–water partition coefficient (Wildman–Crippen LogP) is 0.105. The Bertz CT molecular complexity index is 474. The summed E-state index contributed by atoms with van der Waals surface area (Å²) in [6.07, 6.45) is 0. The lowest BCUT2D eigenvalue weighted by Crippen LogP contribution is -2.16. The maximum absolute atomic E-state index is 4.86. The minimum Gasteiger partial charge on any atom is -0.340 e. The van der Waals surface area contributed by atoms with Crippen LogP contribution in [0.4, 0.5) is 0 Å². The van der Waals surface area contributed by atoms with Crippen LogP contribution in [-0.4, -0.2) is 24.9 Å². The molecule has 0 amide bonds. The molecule has 7 nitrogen and oxygen atoms in total. The molecule has 0 atom stereocenters. The summed E-state index contributed by atoms with van der Waals surface area (Å²) in [6, 6.07) is 0. The molecule has 2 heterocycles. The highest BCUT2D eigenvalue weighted by Gasteiger charge is 2.05. The van der Waals surface area contributed by atoms with E-state index in [-0.39, 0.29) is 0 Å². The summed E-state index contributed by atoms with van der Waals surface area (Å²) in [5, 5.41) is 15.0. The second-order valence-corrected chi connectivity index (χ2v) is 3.56. The molecule has 2 aromatic rings. The number of nitrogens with one attached hydrogen (secondary N) is 1. The van der Waals surface area contributed by atoms with Crippen molar-refractivity contribution in [3.05, 3.63) is 23.4 Å². The summed E-state index contributed by atoms with van der Waals surface area (Å²) >= 11 is 0. The van der Waals surface area contributed by atoms with Crippen LogP contribution in [0.3, 0.4) is 0 Å². The summed E-state index contributed by atoms with van der Waals surface area (Å²) in [4.78, 5) is 4.09. The van der Waals surface area contributed by atoms with Gasteiger partial charge in [0.15, 0.2) is 5.82 Å². The Hall–Kier alpha value is -1.76. The number of hydrogen-bond acceptors (Lipinski definition) is 6. The first kappa shape index (κ1) is 10.7. The summed E-state index contributed by atoms with van der Waals surface area (Å²) in [5.41, 5.74) is 0. The van der Waals surface area contributed by atoms with Gasteiger partial charge in [0.25, 0.3) is 0 Å². The van der Waals surface area contributed by atoms with Gasteiger partial charge in [0.2, 0.25) is 5.89 Å². The summed E-state index contributed by atoms with van der Waals surface area (Å²) in [5.74, 6) is 3.01. The van der Waals surface area contributed by atoms with Crippen molar-refractivity contribution in [2.45, 2.75) is 26.9 Å². The first-order valence-electron chi connectivity index (χ1n) is 5.01. The van der Waals surface area contributed by atoms with Crippen molar-refractivity contribution in [1.29, 1.82) is 0 Å². The van der Waals surface area contributed by atoms with E-state index in [4.69, 9.17) is 4.52 Å². The number of hydrogen-bond donors (Lipinski definition) is 1. The van der Waals surface area contributed by atoms with Crippen LogP contribution >= 0.6 is 0 Å². The Morgan fingerprint density at radius 1 is 1.25 bits per heavy atom. The molecule has 0 spiro atoms. The van der Waals surface area contributed by atoms with E-state index in [1.807, 2.05) is 18.5 Å². The van der Waals surface area contributed by atoms with Gasteiger partial charge in [-0.1, -0.05) is 5.16 Å². The first-order chi connectivity index (χ1) is 7.66. The molecule has 0 radical (unpaired) electrons. The topological polar surface area (TPSA) is 81.7 Å². The molecule has 0 saturated carbocycles. The largest absolute Gasteiger partial charge is 0.340 e. The Morgan fingerprint density at radius 3 is 2.62 bits per heavy atom. The molecule has 1 N–H and O–H groups in total. The van der Waals surface area contributed by atoms with Gasteiger partial charge in [-0.3, -0.25) is 0 Å². The average molecular weight is 222 g/mol. The van der Waals surface area contributed by atoms with Crippen LogP contribution in [0.25, 0.3) is 0 Å². The molecule has 0 bridgehead atoms. The summed E-state index contributed by atoms with van der Waals surface area (Å²) in [7, 11) is 1.94. The maximum Gasteiger partial charge on any atom is 0.223 e. The number of nitrogens with zero attached hydrogens (tertiary/aromatic N) is 5. The van der Waals surface area contributed by atoms with Crippen molar-refractivity contribution in [2.24, 2.45) is 7.05 Å². The molecule has 2 aromatic heterocycles. The van der Waals surface area contributed by atoms with Crippen LogP contribution in [0.2, 0.25) is 0 Å². The number of aryl methyl sites for hydroxylation is 2. The van der Waals surface area contributed by atoms with E-state index in [1.165, 1.54) is 0 Å². The molecule has 2 rings (SSSR count). The Balaban J connectivity index is 1.86. The molecular weight excluding hydrogens is 208 g/mol. The van der Waals surface area contributed by atoms with Gasteiger partial charge in [0.05, 0.1) is 13.1 Å². The third-order valence-electron chi connectivity index (χ3n) is 2.32. The zero-order chi connectivity index (χ0) is 11.5. The van der Waals surface area contributed by atoms with Crippen molar-refractivity contribution in [1.82, 2.24) is 30.2 Å². The lowest BCUT2D eigenvalue weighted by molar-refractivity contribution is 0.385. The number of rotatable bonds is 4. The van der Waals surface area contributed by atoms with Gasteiger partial charge in [-0.25, -0.2) is 0 Å². The minimum absolute atomic E-state index is 0.559. The lowest BCUT2D eigenvalue weighted by atomic mass is 10.5. The molecule has 0 aliphatic heterocycles. The maximum atomic E-state index is 4.86. The second kappa shape index (κ2) is 4.40. The van der Waals surface area contributed by atoms with E-state index in [0.717, 1.165) is 11.6 Å². The Morgan fingerprint density at radius 2 is 2.06 bits per heavy atom. The van der Waals surface area contributed by atoms with Gasteiger partial charge in [0.1, 0.15) is 11.6 Å². The fraction of sp³-hybridized carbons (Fsp3) is 0.556. The zero-order valence-corrected chi connectivity index (χ0v) is 9.56. The quantitative estimate of drug-likeness (QED) is 0.790. The van der Waals surface area contributed by atoms with Crippen LogP contribution in [0.15, 0.2) is 4.52 Å². The molecule has 0 aromatic carbocycles. The molecule has 86 valence electrons. The monoisotopic (exact) mass is 222 g/mol. The van der Waals surface area contributed by atoms with Gasteiger partial charge >= 0.3 is 0 Å². The third kappa shape index (κ3) is 2.25. The SMILES string of the molecule is Cc1nc(CNCc2nnc(C)n2C)no1. The normalized spacial score (nSPS) is 10.9. The van der Waals surface area contributed by atoms with Gasteiger partial charge < -0.3 is 14.4 Å². The van der Waals surface area contributed by atoms with E-state index in [1.54, 1.807) is 6.92 Å². The van der Waals surface area contributed by atoms with Crippen LogP contribution in [0.5, 0.6) is 0 Å². The van der Waals surface area contributed by atoms with E-state index < -0.39 is 0 Å². The zero-order valence-electron chi connectivity index (χ0n) is 9.56. The molecule has 16 heavy (non-hydrogen) atoms. The van der Waals surface area contributed by atoms with Crippen molar-refractivity contribution < 1.29 is 4.52 Å². The van der Waals surface area contributed by atoms with Crippen molar-refractivity contribution in [3.63, 3.8) is 0 Å². The smallest absolute Gasteiger partial charge is 0.223 e. The summed E-state index contributed by atoms with van der Waals surface area (Å²) in [6.45, 7) is 4.87. The first-order valence-corrected chi connectivity index (χ1v) is 5.01. The van der Waals surface area contributed by atoms with Crippen molar-refractivity contribution >= 4 is 0 Å². The van der Waals surface area contributed by atoms with Crippen LogP contribution in [0, 0.1) is 13.8 Å². The van der Waals surface area contributed by atoms with Gasteiger partial charge in [-0.15, -0.1) is 10.2 Å². The van der Waals surface area contributed by atoms with Crippen molar-refractivity contribution in [3.8, 4) is 0 Å². The number of aromatic nitrogens is 5. The van der Waals surface area contributed by atoms with E-state index >= 15 is 0 Å². The lowest BCUT2D eigenvalue weighted by Gasteiger charge is -2.01. The van der Waals surface area contributed by atoms with Crippen LogP contribution in [0.1, 0.15) is 23.4 Å². The highest BCUT2D eigenvalue weighted by molar-refractivity contribution is 4.92. The van der Waals surface area contributed by atoms with E-state index in [2.05, 4.69) is 25.7 Å². The highest BCUT2D eigenvalue weighted by atomic mass is 16.5. The molecule has 0 aliphatic carbocycles. The van der Waals surface area contributed by atoms with Crippen LogP contribution < -0.4 is 5.32 Å². The average Bonchev–Trinajstić information content (AvgIpc) is 2.79. The molecular formula is C9H14N6O. The second-order valence-electron chi connectivity index (χ2n) is 3.56. The molecule has 0 saturated heterocycles. The van der Waals surface area contributed by atoms with E-state index in [0.29, 0.717) is 24.8 Å². The minimum atomic E-state index is 0.559. The molecule has 0 aliphatic rings. The Kier molecular flexibility index (Phi) is 2.95. The van der Waals surface area contributed by atoms with Crippen LogP contribution in [-0.2, 0) is 20.1 Å². The van der Waals surface area contributed by atoms with Gasteiger partial charge in [-0.2, -0.15) is 4.98 Å². The fourth-order valence-electron chi connectivity index (χ4n) is 1.30. The van der Waals surface area contributed by atoms with Gasteiger partial charge in [0, 0.05) is 14.0 Å². The molecule has 0 unspecified atom stereocenters.